The van der Waals surface area contributed by atoms with Gasteiger partial charge in [0.05, 0.1) is 30.7 Å². The van der Waals surface area contributed by atoms with Crippen molar-refractivity contribution in [1.82, 2.24) is 10.2 Å². The fourth-order valence-electron chi connectivity index (χ4n) is 6.18. The highest BCUT2D eigenvalue weighted by Gasteiger charge is 2.71. The minimum absolute atomic E-state index is 0.148. The highest BCUT2D eigenvalue weighted by molar-refractivity contribution is 6.31. The summed E-state index contributed by atoms with van der Waals surface area (Å²) in [6, 6.07) is 13.3. The number of benzene rings is 2. The smallest absolute Gasteiger partial charge is 0.253 e. The van der Waals surface area contributed by atoms with Gasteiger partial charge in [-0.3, -0.25) is 24.5 Å². The lowest BCUT2D eigenvalue weighted by Crippen LogP contribution is -2.56. The Morgan fingerprint density at radius 1 is 1.08 bits per heavy atom. The summed E-state index contributed by atoms with van der Waals surface area (Å²) in [6.45, 7) is 3.52. The third-order valence-electron chi connectivity index (χ3n) is 7.74. The van der Waals surface area contributed by atoms with Crippen molar-refractivity contribution < 1.29 is 23.9 Å². The molecular formula is C26H25ClN4O5. The molecule has 36 heavy (non-hydrogen) atoms. The van der Waals surface area contributed by atoms with Crippen LogP contribution in [-0.4, -0.2) is 67.4 Å². The number of rotatable bonds is 3. The normalized spacial score (nSPS) is 29.3. The number of carbonyl (C=O) groups excluding carboxylic acids is 4. The van der Waals surface area contributed by atoms with Crippen LogP contribution >= 0.6 is 11.6 Å². The summed E-state index contributed by atoms with van der Waals surface area (Å²) in [4.78, 5) is 59.1. The van der Waals surface area contributed by atoms with Gasteiger partial charge in [-0.25, -0.2) is 4.90 Å². The Balaban J connectivity index is 1.40. The average molecular weight is 509 g/mol. The number of nitrogens with zero attached hydrogens (tertiary/aromatic N) is 3. The first-order valence-electron chi connectivity index (χ1n) is 12.0. The summed E-state index contributed by atoms with van der Waals surface area (Å²) in [5, 5.41) is 3.74. The number of amides is 4. The fourth-order valence-corrected chi connectivity index (χ4v) is 6.37. The van der Waals surface area contributed by atoms with E-state index < -0.39 is 35.2 Å². The maximum absolute atomic E-state index is 14.2. The van der Waals surface area contributed by atoms with Crippen LogP contribution in [0, 0.1) is 11.8 Å². The Morgan fingerprint density at radius 2 is 1.83 bits per heavy atom. The van der Waals surface area contributed by atoms with Crippen molar-refractivity contribution >= 4 is 46.6 Å². The molecule has 0 radical (unpaired) electrons. The Bertz CT molecular complexity index is 1290. The molecule has 0 bridgehead atoms. The van der Waals surface area contributed by atoms with Crippen LogP contribution in [0.4, 0.5) is 11.4 Å². The van der Waals surface area contributed by atoms with Gasteiger partial charge in [0.25, 0.3) is 5.91 Å². The van der Waals surface area contributed by atoms with Crippen molar-refractivity contribution in [2.24, 2.45) is 11.8 Å². The van der Waals surface area contributed by atoms with Gasteiger partial charge in [0.15, 0.2) is 0 Å². The third kappa shape index (κ3) is 3.16. The summed E-state index contributed by atoms with van der Waals surface area (Å²) < 4.78 is 5.34. The predicted octanol–water partition coefficient (Wildman–Crippen LogP) is 1.54. The number of halogens is 1. The zero-order valence-electron chi connectivity index (χ0n) is 19.6. The molecule has 9 nitrogen and oxygen atoms in total. The van der Waals surface area contributed by atoms with E-state index in [1.54, 1.807) is 53.4 Å². The number of carbonyl (C=O) groups is 4. The van der Waals surface area contributed by atoms with Crippen molar-refractivity contribution in [2.45, 2.75) is 18.5 Å². The minimum atomic E-state index is -1.44. The first-order valence-corrected chi connectivity index (χ1v) is 12.4. The van der Waals surface area contributed by atoms with Gasteiger partial charge in [-0.1, -0.05) is 35.9 Å². The first kappa shape index (κ1) is 23.1. The number of hydrogen-bond donors (Lipinski definition) is 1. The summed E-state index contributed by atoms with van der Waals surface area (Å²) in [5.74, 6) is -3.07. The minimum Gasteiger partial charge on any atom is -0.378 e. The molecule has 0 unspecified atom stereocenters. The molecule has 186 valence electrons. The second-order valence-corrected chi connectivity index (χ2v) is 10.1. The molecule has 4 aliphatic heterocycles. The lowest BCUT2D eigenvalue weighted by molar-refractivity contribution is -0.136. The number of fused-ring (bicyclic) bond motifs is 4. The third-order valence-corrected chi connectivity index (χ3v) is 7.97. The van der Waals surface area contributed by atoms with Crippen LogP contribution in [0.3, 0.4) is 0 Å². The van der Waals surface area contributed by atoms with Gasteiger partial charge in [-0.05, 0) is 31.2 Å². The number of ether oxygens (including phenoxy) is 1. The van der Waals surface area contributed by atoms with E-state index in [2.05, 4.69) is 5.32 Å². The molecule has 4 heterocycles. The van der Waals surface area contributed by atoms with E-state index in [4.69, 9.17) is 16.3 Å². The van der Waals surface area contributed by atoms with Gasteiger partial charge in [-0.15, -0.1) is 0 Å². The van der Waals surface area contributed by atoms with Gasteiger partial charge in [-0.2, -0.15) is 0 Å². The van der Waals surface area contributed by atoms with Gasteiger partial charge < -0.3 is 14.5 Å². The summed E-state index contributed by atoms with van der Waals surface area (Å²) in [7, 11) is 0. The van der Waals surface area contributed by atoms with E-state index in [0.717, 1.165) is 4.90 Å². The van der Waals surface area contributed by atoms with E-state index in [1.807, 2.05) is 6.92 Å². The molecule has 6 rings (SSSR count). The molecule has 4 atom stereocenters. The van der Waals surface area contributed by atoms with E-state index in [1.165, 1.54) is 4.90 Å². The summed E-state index contributed by atoms with van der Waals surface area (Å²) in [6.07, 6.45) is 0. The predicted molar refractivity (Wildman–Crippen MR) is 131 cm³/mol. The fraction of sp³-hybridized carbons (Fsp3) is 0.385. The lowest BCUT2D eigenvalue weighted by Gasteiger charge is -2.31. The molecule has 1 spiro atoms. The van der Waals surface area contributed by atoms with Crippen molar-refractivity contribution in [2.75, 3.05) is 42.6 Å². The molecule has 0 saturated carbocycles. The average Bonchev–Trinajstić information content (AvgIpc) is 3.43. The van der Waals surface area contributed by atoms with Crippen molar-refractivity contribution in [3.8, 4) is 0 Å². The summed E-state index contributed by atoms with van der Waals surface area (Å²) in [5.41, 5.74) is 0.128. The molecule has 4 aliphatic rings. The molecular weight excluding hydrogens is 484 g/mol. The van der Waals surface area contributed by atoms with E-state index in [9.17, 15) is 19.2 Å². The Morgan fingerprint density at radius 3 is 2.58 bits per heavy atom. The van der Waals surface area contributed by atoms with Crippen molar-refractivity contribution in [3.63, 3.8) is 0 Å². The highest BCUT2D eigenvalue weighted by Crippen LogP contribution is 2.55. The SMILES string of the molecule is C[C@@H]1N[C@]2(C(=O)N(CC(=O)N3CCOCC3)c3ccccc32)[C@@H]2C(=O)N(c3cccc(Cl)c3)C(=O)[C@H]12. The van der Waals surface area contributed by atoms with Crippen LogP contribution in [0.1, 0.15) is 12.5 Å². The zero-order valence-corrected chi connectivity index (χ0v) is 20.4. The summed E-state index contributed by atoms with van der Waals surface area (Å²) >= 11 is 6.14. The van der Waals surface area contributed by atoms with Crippen molar-refractivity contribution in [1.29, 1.82) is 0 Å². The van der Waals surface area contributed by atoms with Crippen LogP contribution in [0.5, 0.6) is 0 Å². The number of morpholine rings is 1. The first-order chi connectivity index (χ1) is 17.3. The molecule has 4 amide bonds. The lowest BCUT2D eigenvalue weighted by atomic mass is 9.76. The zero-order chi connectivity index (χ0) is 25.2. The van der Waals surface area contributed by atoms with Gasteiger partial charge in [0, 0.05) is 35.4 Å². The van der Waals surface area contributed by atoms with Crippen LogP contribution in [0.2, 0.25) is 5.02 Å². The van der Waals surface area contributed by atoms with Gasteiger partial charge in [0.2, 0.25) is 17.7 Å². The monoisotopic (exact) mass is 508 g/mol. The largest absolute Gasteiger partial charge is 0.378 e. The van der Waals surface area contributed by atoms with Gasteiger partial charge in [0.1, 0.15) is 12.1 Å². The molecule has 1 N–H and O–H groups in total. The van der Waals surface area contributed by atoms with Crippen LogP contribution < -0.4 is 15.1 Å². The number of imide groups is 1. The standard InChI is InChI=1S/C26H25ClN4O5/c1-15-21-22(24(34)31(23(21)33)17-6-4-5-16(27)13-17)26(28-15)18-7-2-3-8-19(18)30(25(26)35)14-20(32)29-9-11-36-12-10-29/h2-8,13,15,21-22,28H,9-12,14H2,1H3/t15-,21+,22-,26-/m0/s1. The number of hydrogen-bond acceptors (Lipinski definition) is 6. The number of anilines is 2. The van der Waals surface area contributed by atoms with Crippen molar-refractivity contribution in [3.05, 3.63) is 59.1 Å². The van der Waals surface area contributed by atoms with Crippen LogP contribution in [-0.2, 0) is 29.5 Å². The number of nitrogens with one attached hydrogen (secondary N) is 1. The molecule has 10 heteroatoms. The van der Waals surface area contributed by atoms with Crippen LogP contribution in [0.15, 0.2) is 48.5 Å². The second kappa shape index (κ2) is 8.40. The molecule has 3 fully saturated rings. The molecule has 0 aromatic heterocycles. The molecule has 2 aromatic rings. The topological polar surface area (TPSA) is 99.3 Å². The van der Waals surface area contributed by atoms with Crippen LogP contribution in [0.25, 0.3) is 0 Å². The maximum Gasteiger partial charge on any atom is 0.253 e. The van der Waals surface area contributed by atoms with E-state index in [-0.39, 0.29) is 18.4 Å². The van der Waals surface area contributed by atoms with Gasteiger partial charge >= 0.3 is 0 Å². The highest BCUT2D eigenvalue weighted by atomic mass is 35.5. The molecule has 2 aromatic carbocycles. The Kier molecular flexibility index (Phi) is 5.40. The maximum atomic E-state index is 14.2. The second-order valence-electron chi connectivity index (χ2n) is 9.64. The molecule has 3 saturated heterocycles. The number of para-hydroxylation sites is 1. The Hall–Kier alpha value is -3.27. The quantitative estimate of drug-likeness (QED) is 0.631. The Labute approximate surface area is 212 Å². The van der Waals surface area contributed by atoms with E-state index >= 15 is 0 Å². The van der Waals surface area contributed by atoms with E-state index in [0.29, 0.717) is 48.3 Å². The molecule has 0 aliphatic carbocycles.